The van der Waals surface area contributed by atoms with Gasteiger partial charge in [0.05, 0.1) is 22.0 Å². The first-order valence-electron chi connectivity index (χ1n) is 6.25. The van der Waals surface area contributed by atoms with Crippen molar-refractivity contribution >= 4 is 21.9 Å². The van der Waals surface area contributed by atoms with Gasteiger partial charge in [0.1, 0.15) is 0 Å². The van der Waals surface area contributed by atoms with Crippen molar-refractivity contribution in [2.45, 2.75) is 33.8 Å². The summed E-state index contributed by atoms with van der Waals surface area (Å²) < 4.78 is 8.14. The van der Waals surface area contributed by atoms with Crippen molar-refractivity contribution in [3.05, 3.63) is 15.9 Å². The van der Waals surface area contributed by atoms with Crippen LogP contribution >= 0.6 is 15.9 Å². The third kappa shape index (κ3) is 2.90. The second-order valence-electron chi connectivity index (χ2n) is 4.55. The summed E-state index contributed by atoms with van der Waals surface area (Å²) in [6, 6.07) is 0.276. The summed E-state index contributed by atoms with van der Waals surface area (Å²) in [5.41, 5.74) is 1.80. The van der Waals surface area contributed by atoms with Gasteiger partial charge < -0.3 is 10.1 Å². The highest BCUT2D eigenvalue weighted by molar-refractivity contribution is 9.10. The largest absolute Gasteiger partial charge is 0.461 e. The fourth-order valence-corrected chi connectivity index (χ4v) is 1.88. The Morgan fingerprint density at radius 1 is 1.20 bits per heavy atom. The van der Waals surface area contributed by atoms with Crippen LogP contribution in [0.4, 0.5) is 5.95 Å². The molecule has 7 nitrogen and oxygen atoms in total. The van der Waals surface area contributed by atoms with Gasteiger partial charge in [-0.05, 0) is 43.6 Å². The van der Waals surface area contributed by atoms with Gasteiger partial charge in [0, 0.05) is 7.05 Å². The van der Waals surface area contributed by atoms with Gasteiger partial charge in [-0.2, -0.15) is 20.1 Å². The van der Waals surface area contributed by atoms with Gasteiger partial charge in [0.2, 0.25) is 5.95 Å². The van der Waals surface area contributed by atoms with Gasteiger partial charge in [-0.3, -0.25) is 0 Å². The Labute approximate surface area is 125 Å². The van der Waals surface area contributed by atoms with Crippen LogP contribution < -0.4 is 10.1 Å². The first-order chi connectivity index (χ1) is 9.42. The molecule has 0 aliphatic rings. The van der Waals surface area contributed by atoms with E-state index in [1.807, 2.05) is 27.7 Å². The Bertz CT molecular complexity index is 625. The summed E-state index contributed by atoms with van der Waals surface area (Å²) >= 11 is 3.49. The van der Waals surface area contributed by atoms with E-state index in [0.29, 0.717) is 11.9 Å². The van der Waals surface area contributed by atoms with Crippen LogP contribution in [0, 0.1) is 13.8 Å². The van der Waals surface area contributed by atoms with E-state index < -0.39 is 0 Å². The number of aryl methyl sites for hydroxylation is 1. The average molecular weight is 341 g/mol. The Balaban J connectivity index is 2.52. The SMILES string of the molecule is CNc1nc(OC(C)C)nc(-n2nc(C)c(Br)c2C)n1. The summed E-state index contributed by atoms with van der Waals surface area (Å²) in [7, 11) is 1.75. The van der Waals surface area contributed by atoms with Gasteiger partial charge in [0.15, 0.2) is 0 Å². The highest BCUT2D eigenvalue weighted by atomic mass is 79.9. The lowest BCUT2D eigenvalue weighted by Gasteiger charge is -2.10. The monoisotopic (exact) mass is 340 g/mol. The molecule has 0 spiro atoms. The topological polar surface area (TPSA) is 77.8 Å². The van der Waals surface area contributed by atoms with Crippen LogP contribution in [0.25, 0.3) is 5.95 Å². The summed E-state index contributed by atoms with van der Waals surface area (Å²) in [6.45, 7) is 7.69. The molecule has 0 fully saturated rings. The van der Waals surface area contributed by atoms with E-state index in [2.05, 4.69) is 41.3 Å². The molecule has 108 valence electrons. The molecule has 2 heterocycles. The van der Waals surface area contributed by atoms with Crippen LogP contribution in [-0.2, 0) is 0 Å². The Kier molecular flexibility index (Phi) is 4.22. The minimum absolute atomic E-state index is 0.0119. The second-order valence-corrected chi connectivity index (χ2v) is 5.35. The van der Waals surface area contributed by atoms with E-state index >= 15 is 0 Å². The maximum atomic E-state index is 5.54. The molecule has 0 radical (unpaired) electrons. The van der Waals surface area contributed by atoms with Crippen molar-refractivity contribution in [1.82, 2.24) is 24.7 Å². The number of nitrogens with zero attached hydrogens (tertiary/aromatic N) is 5. The molecule has 20 heavy (non-hydrogen) atoms. The normalized spacial score (nSPS) is 10.9. The first-order valence-corrected chi connectivity index (χ1v) is 7.04. The number of anilines is 1. The molecule has 0 aliphatic heterocycles. The van der Waals surface area contributed by atoms with Crippen LogP contribution in [0.2, 0.25) is 0 Å². The molecule has 2 rings (SSSR count). The van der Waals surface area contributed by atoms with E-state index in [1.165, 1.54) is 0 Å². The zero-order valence-electron chi connectivity index (χ0n) is 12.1. The maximum absolute atomic E-state index is 5.54. The van der Waals surface area contributed by atoms with Crippen LogP contribution in [0.3, 0.4) is 0 Å². The zero-order chi connectivity index (χ0) is 14.9. The van der Waals surface area contributed by atoms with Crippen LogP contribution in [0.15, 0.2) is 4.47 Å². The van der Waals surface area contributed by atoms with Crippen LogP contribution in [0.1, 0.15) is 25.2 Å². The van der Waals surface area contributed by atoms with Crippen molar-refractivity contribution in [1.29, 1.82) is 0 Å². The molecule has 1 N–H and O–H groups in total. The van der Waals surface area contributed by atoms with Gasteiger partial charge in [-0.25, -0.2) is 4.68 Å². The smallest absolute Gasteiger partial charge is 0.323 e. The number of ether oxygens (including phenoxy) is 1. The van der Waals surface area contributed by atoms with Crippen molar-refractivity contribution in [3.63, 3.8) is 0 Å². The number of aromatic nitrogens is 5. The molecule has 0 amide bonds. The number of halogens is 1. The standard InChI is InChI=1S/C12H17BrN6O/c1-6(2)20-12-16-10(14-5)15-11(17-12)19-8(4)9(13)7(3)18-19/h6H,1-5H3,(H,14,15,16,17). The molecule has 0 atom stereocenters. The number of rotatable bonds is 4. The van der Waals surface area contributed by atoms with Gasteiger partial charge in [-0.15, -0.1) is 0 Å². The average Bonchev–Trinajstić information content (AvgIpc) is 2.65. The maximum Gasteiger partial charge on any atom is 0.323 e. The molecular formula is C12H17BrN6O. The number of nitrogens with one attached hydrogen (secondary N) is 1. The summed E-state index contributed by atoms with van der Waals surface area (Å²) in [4.78, 5) is 12.8. The Morgan fingerprint density at radius 2 is 1.90 bits per heavy atom. The molecule has 2 aromatic rings. The Hall–Kier alpha value is -1.70. The molecule has 0 aromatic carbocycles. The lowest BCUT2D eigenvalue weighted by molar-refractivity contribution is 0.221. The lowest BCUT2D eigenvalue weighted by Crippen LogP contribution is -2.14. The highest BCUT2D eigenvalue weighted by Crippen LogP contribution is 2.22. The minimum Gasteiger partial charge on any atom is -0.461 e. The third-order valence-corrected chi connectivity index (χ3v) is 3.71. The lowest BCUT2D eigenvalue weighted by atomic mass is 10.4. The summed E-state index contributed by atoms with van der Waals surface area (Å²) in [5.74, 6) is 0.862. The molecule has 2 aromatic heterocycles. The fourth-order valence-electron chi connectivity index (χ4n) is 1.63. The number of hydrogen-bond donors (Lipinski definition) is 1. The van der Waals surface area contributed by atoms with Gasteiger partial charge in [-0.1, -0.05) is 0 Å². The summed E-state index contributed by atoms with van der Waals surface area (Å²) in [5, 5.41) is 7.31. The first kappa shape index (κ1) is 14.7. The van der Waals surface area contributed by atoms with E-state index in [0.717, 1.165) is 15.9 Å². The van der Waals surface area contributed by atoms with Gasteiger partial charge >= 0.3 is 6.01 Å². The quantitative estimate of drug-likeness (QED) is 0.919. The zero-order valence-corrected chi connectivity index (χ0v) is 13.7. The van der Waals surface area contributed by atoms with E-state index in [9.17, 15) is 0 Å². The predicted molar refractivity (Wildman–Crippen MR) is 79.4 cm³/mol. The van der Waals surface area contributed by atoms with Crippen molar-refractivity contribution in [2.75, 3.05) is 12.4 Å². The van der Waals surface area contributed by atoms with E-state index in [-0.39, 0.29) is 12.1 Å². The summed E-state index contributed by atoms with van der Waals surface area (Å²) in [6.07, 6.45) is -0.0119. The molecular weight excluding hydrogens is 324 g/mol. The van der Waals surface area contributed by atoms with Crippen molar-refractivity contribution in [2.24, 2.45) is 0 Å². The van der Waals surface area contributed by atoms with E-state index in [1.54, 1.807) is 11.7 Å². The molecule has 0 saturated carbocycles. The van der Waals surface area contributed by atoms with Crippen molar-refractivity contribution < 1.29 is 4.74 Å². The highest BCUT2D eigenvalue weighted by Gasteiger charge is 2.15. The molecule has 0 aliphatic carbocycles. The van der Waals surface area contributed by atoms with Crippen LogP contribution in [0.5, 0.6) is 6.01 Å². The van der Waals surface area contributed by atoms with E-state index in [4.69, 9.17) is 4.74 Å². The van der Waals surface area contributed by atoms with Gasteiger partial charge in [0.25, 0.3) is 5.95 Å². The third-order valence-electron chi connectivity index (χ3n) is 2.56. The number of hydrogen-bond acceptors (Lipinski definition) is 6. The van der Waals surface area contributed by atoms with Crippen LogP contribution in [-0.4, -0.2) is 37.9 Å². The minimum atomic E-state index is -0.0119. The molecule has 8 heteroatoms. The molecule has 0 unspecified atom stereocenters. The Morgan fingerprint density at radius 3 is 2.40 bits per heavy atom. The predicted octanol–water partition coefficient (Wildman–Crippen LogP) is 2.27. The molecule has 0 saturated heterocycles. The molecule has 0 bridgehead atoms. The fraction of sp³-hybridized carbons (Fsp3) is 0.500. The van der Waals surface area contributed by atoms with Crippen molar-refractivity contribution in [3.8, 4) is 12.0 Å². The second kappa shape index (κ2) is 5.74.